The van der Waals surface area contributed by atoms with E-state index in [1.165, 1.54) is 11.3 Å². The first-order chi connectivity index (χ1) is 8.59. The molecule has 0 aliphatic heterocycles. The first-order valence-corrected chi connectivity index (χ1v) is 6.33. The van der Waals surface area contributed by atoms with Crippen molar-refractivity contribution in [2.75, 3.05) is 0 Å². The normalized spacial score (nSPS) is 12.7. The van der Waals surface area contributed by atoms with E-state index in [2.05, 4.69) is 18.9 Å². The molecule has 0 radical (unpaired) electrons. The van der Waals surface area contributed by atoms with Crippen molar-refractivity contribution in [3.05, 3.63) is 52.8 Å². The first-order valence-electron chi connectivity index (χ1n) is 6.33. The van der Waals surface area contributed by atoms with E-state index < -0.39 is 6.10 Å². The van der Waals surface area contributed by atoms with Crippen molar-refractivity contribution in [2.24, 2.45) is 0 Å². The van der Waals surface area contributed by atoms with Gasteiger partial charge in [0, 0.05) is 12.2 Å². The van der Waals surface area contributed by atoms with Gasteiger partial charge in [0.05, 0.1) is 11.8 Å². The van der Waals surface area contributed by atoms with Gasteiger partial charge in [-0.05, 0) is 38.3 Å². The third kappa shape index (κ3) is 2.62. The maximum Gasteiger partial charge on any atom is 0.0807 e. The Morgan fingerprint density at radius 1 is 1.17 bits per heavy atom. The van der Waals surface area contributed by atoms with Crippen LogP contribution < -0.4 is 0 Å². The quantitative estimate of drug-likeness (QED) is 0.898. The highest BCUT2D eigenvalue weighted by atomic mass is 16.3. The summed E-state index contributed by atoms with van der Waals surface area (Å²) in [4.78, 5) is 0. The number of hydrogen-bond donors (Lipinski definition) is 1. The van der Waals surface area contributed by atoms with Crippen molar-refractivity contribution in [2.45, 2.75) is 39.8 Å². The topological polar surface area (TPSA) is 38.0 Å². The number of nitrogens with zero attached hydrogens (tertiary/aromatic N) is 2. The summed E-state index contributed by atoms with van der Waals surface area (Å²) in [7, 11) is 0. The van der Waals surface area contributed by atoms with Gasteiger partial charge < -0.3 is 5.11 Å². The van der Waals surface area contributed by atoms with Crippen LogP contribution in [0.25, 0.3) is 0 Å². The standard InChI is InChI=1S/C15H20N2O/c1-11-12(2)16-17(13(11)3)10-9-15(18)14-7-5-4-6-8-14/h4-8,15,18H,9-10H2,1-3H3. The fraction of sp³-hybridized carbons (Fsp3) is 0.400. The molecule has 1 atom stereocenters. The third-order valence-corrected chi connectivity index (χ3v) is 3.54. The Morgan fingerprint density at radius 2 is 1.83 bits per heavy atom. The molecule has 18 heavy (non-hydrogen) atoms. The van der Waals surface area contributed by atoms with Crippen LogP contribution in [0.5, 0.6) is 0 Å². The minimum atomic E-state index is -0.421. The maximum atomic E-state index is 10.1. The molecule has 2 aromatic rings. The van der Waals surface area contributed by atoms with Crippen molar-refractivity contribution in [3.63, 3.8) is 0 Å². The number of aliphatic hydroxyl groups excluding tert-OH is 1. The van der Waals surface area contributed by atoms with E-state index in [4.69, 9.17) is 0 Å². The Kier molecular flexibility index (Phi) is 3.82. The lowest BCUT2D eigenvalue weighted by Gasteiger charge is -2.11. The average molecular weight is 244 g/mol. The zero-order chi connectivity index (χ0) is 13.1. The molecule has 1 unspecified atom stereocenters. The summed E-state index contributed by atoms with van der Waals surface area (Å²) in [5, 5.41) is 14.6. The van der Waals surface area contributed by atoms with E-state index >= 15 is 0 Å². The van der Waals surface area contributed by atoms with Crippen molar-refractivity contribution in [3.8, 4) is 0 Å². The molecule has 2 rings (SSSR count). The van der Waals surface area contributed by atoms with Gasteiger partial charge in [-0.2, -0.15) is 5.10 Å². The molecule has 3 nitrogen and oxygen atoms in total. The highest BCUT2D eigenvalue weighted by molar-refractivity contribution is 5.22. The minimum Gasteiger partial charge on any atom is -0.388 e. The van der Waals surface area contributed by atoms with Crippen molar-refractivity contribution in [1.82, 2.24) is 9.78 Å². The van der Waals surface area contributed by atoms with Gasteiger partial charge in [0.1, 0.15) is 0 Å². The van der Waals surface area contributed by atoms with Crippen LogP contribution in [0.4, 0.5) is 0 Å². The number of aliphatic hydroxyl groups is 1. The van der Waals surface area contributed by atoms with E-state index in [0.717, 1.165) is 17.8 Å². The Morgan fingerprint density at radius 3 is 2.39 bits per heavy atom. The summed E-state index contributed by atoms with van der Waals surface area (Å²) in [5.74, 6) is 0. The molecule has 96 valence electrons. The van der Waals surface area contributed by atoms with Crippen LogP contribution in [0.2, 0.25) is 0 Å². The molecule has 0 aliphatic carbocycles. The van der Waals surface area contributed by atoms with Gasteiger partial charge >= 0.3 is 0 Å². The van der Waals surface area contributed by atoms with E-state index in [1.54, 1.807) is 0 Å². The molecule has 3 heteroatoms. The van der Waals surface area contributed by atoms with Crippen LogP contribution in [0.1, 0.15) is 35.0 Å². The number of aromatic nitrogens is 2. The van der Waals surface area contributed by atoms with Gasteiger partial charge in [0.15, 0.2) is 0 Å². The number of hydrogen-bond acceptors (Lipinski definition) is 2. The van der Waals surface area contributed by atoms with Crippen LogP contribution in [0.3, 0.4) is 0 Å². The van der Waals surface area contributed by atoms with Crippen molar-refractivity contribution in [1.29, 1.82) is 0 Å². The van der Waals surface area contributed by atoms with Gasteiger partial charge in [-0.3, -0.25) is 4.68 Å². The van der Waals surface area contributed by atoms with Crippen LogP contribution in [0.15, 0.2) is 30.3 Å². The number of benzene rings is 1. The van der Waals surface area contributed by atoms with E-state index in [-0.39, 0.29) is 0 Å². The molecule has 1 aromatic heterocycles. The minimum absolute atomic E-state index is 0.421. The summed E-state index contributed by atoms with van der Waals surface area (Å²) in [6, 6.07) is 9.77. The summed E-state index contributed by atoms with van der Waals surface area (Å²) in [6.45, 7) is 6.93. The van der Waals surface area contributed by atoms with Crippen LogP contribution in [0, 0.1) is 20.8 Å². The number of rotatable bonds is 4. The van der Waals surface area contributed by atoms with Gasteiger partial charge in [-0.1, -0.05) is 30.3 Å². The Labute approximate surface area is 108 Å². The molecule has 0 saturated carbocycles. The lowest BCUT2D eigenvalue weighted by molar-refractivity contribution is 0.159. The van der Waals surface area contributed by atoms with Crippen LogP contribution in [-0.4, -0.2) is 14.9 Å². The summed E-state index contributed by atoms with van der Waals surface area (Å²) in [6.07, 6.45) is 0.265. The zero-order valence-electron chi connectivity index (χ0n) is 11.2. The lowest BCUT2D eigenvalue weighted by atomic mass is 10.1. The van der Waals surface area contributed by atoms with E-state index in [9.17, 15) is 5.11 Å². The predicted octanol–water partition coefficient (Wildman–Crippen LogP) is 2.93. The zero-order valence-corrected chi connectivity index (χ0v) is 11.2. The van der Waals surface area contributed by atoms with Gasteiger partial charge in [0.25, 0.3) is 0 Å². The third-order valence-electron chi connectivity index (χ3n) is 3.54. The Hall–Kier alpha value is -1.61. The van der Waals surface area contributed by atoms with E-state index in [0.29, 0.717) is 6.42 Å². The second-order valence-corrected chi connectivity index (χ2v) is 4.73. The van der Waals surface area contributed by atoms with Crippen LogP contribution >= 0.6 is 0 Å². The highest BCUT2D eigenvalue weighted by Gasteiger charge is 2.10. The molecule has 0 fully saturated rings. The molecular formula is C15H20N2O. The Bertz CT molecular complexity index is 517. The van der Waals surface area contributed by atoms with E-state index in [1.807, 2.05) is 41.9 Å². The SMILES string of the molecule is Cc1nn(CCC(O)c2ccccc2)c(C)c1C. The van der Waals surface area contributed by atoms with Crippen LogP contribution in [-0.2, 0) is 6.54 Å². The highest BCUT2D eigenvalue weighted by Crippen LogP contribution is 2.18. The van der Waals surface area contributed by atoms with Crippen molar-refractivity contribution >= 4 is 0 Å². The molecule has 0 saturated heterocycles. The molecule has 0 bridgehead atoms. The van der Waals surface area contributed by atoms with Gasteiger partial charge in [-0.25, -0.2) is 0 Å². The maximum absolute atomic E-state index is 10.1. The average Bonchev–Trinajstić information content (AvgIpc) is 2.64. The molecule has 1 aromatic carbocycles. The molecule has 0 amide bonds. The fourth-order valence-electron chi connectivity index (χ4n) is 2.09. The molecule has 0 spiro atoms. The smallest absolute Gasteiger partial charge is 0.0807 e. The summed E-state index contributed by atoms with van der Waals surface area (Å²) < 4.78 is 1.98. The number of aryl methyl sites for hydroxylation is 2. The summed E-state index contributed by atoms with van der Waals surface area (Å²) in [5.41, 5.74) is 4.47. The fourth-order valence-corrected chi connectivity index (χ4v) is 2.09. The summed E-state index contributed by atoms with van der Waals surface area (Å²) >= 11 is 0. The second-order valence-electron chi connectivity index (χ2n) is 4.73. The predicted molar refractivity (Wildman–Crippen MR) is 72.5 cm³/mol. The lowest BCUT2D eigenvalue weighted by Crippen LogP contribution is -2.07. The molecule has 1 heterocycles. The largest absolute Gasteiger partial charge is 0.388 e. The molecule has 1 N–H and O–H groups in total. The Balaban J connectivity index is 2.02. The second kappa shape index (κ2) is 5.36. The monoisotopic (exact) mass is 244 g/mol. The molecular weight excluding hydrogens is 224 g/mol. The van der Waals surface area contributed by atoms with Crippen molar-refractivity contribution < 1.29 is 5.11 Å². The molecule has 0 aliphatic rings. The van der Waals surface area contributed by atoms with Gasteiger partial charge in [0.2, 0.25) is 0 Å². The first kappa shape index (κ1) is 12.8. The van der Waals surface area contributed by atoms with Gasteiger partial charge in [-0.15, -0.1) is 0 Å².